The monoisotopic (exact) mass is 363 g/mol. The van der Waals surface area contributed by atoms with E-state index in [1.807, 2.05) is 62.4 Å². The van der Waals surface area contributed by atoms with E-state index in [0.717, 1.165) is 22.5 Å². The fraction of sp³-hybridized carbons (Fsp3) is 0.143. The first-order chi connectivity index (χ1) is 12.5. The zero-order valence-electron chi connectivity index (χ0n) is 14.5. The highest BCUT2D eigenvalue weighted by atomic mass is 35.5. The smallest absolute Gasteiger partial charge is 0.262 e. The second-order valence-corrected chi connectivity index (χ2v) is 6.88. The number of nitrogens with one attached hydrogen (secondary N) is 1. The molecule has 1 unspecified atom stereocenters. The van der Waals surface area contributed by atoms with Gasteiger partial charge in [-0.05, 0) is 55.8 Å². The number of aromatic nitrogens is 1. The van der Waals surface area contributed by atoms with Gasteiger partial charge in [-0.1, -0.05) is 35.4 Å². The molecule has 4 nitrogen and oxygen atoms in total. The number of pyridine rings is 1. The van der Waals surface area contributed by atoms with Gasteiger partial charge in [0.05, 0.1) is 22.0 Å². The van der Waals surface area contributed by atoms with Crippen molar-refractivity contribution in [2.24, 2.45) is 0 Å². The van der Waals surface area contributed by atoms with Gasteiger partial charge in [-0.2, -0.15) is 0 Å². The van der Waals surface area contributed by atoms with Gasteiger partial charge in [0.1, 0.15) is 0 Å². The van der Waals surface area contributed by atoms with Crippen molar-refractivity contribution in [3.8, 4) is 0 Å². The quantitative estimate of drug-likeness (QED) is 0.702. The number of hydrogen-bond acceptors (Lipinski definition) is 3. The van der Waals surface area contributed by atoms with Crippen LogP contribution in [0.4, 0.5) is 11.4 Å². The van der Waals surface area contributed by atoms with Crippen LogP contribution in [-0.4, -0.2) is 10.9 Å². The lowest BCUT2D eigenvalue weighted by molar-refractivity contribution is 0.0993. The molecule has 0 radical (unpaired) electrons. The molecule has 5 heteroatoms. The maximum Gasteiger partial charge on any atom is 0.262 e. The lowest BCUT2D eigenvalue weighted by Gasteiger charge is -2.27. The van der Waals surface area contributed by atoms with Crippen molar-refractivity contribution in [2.75, 3.05) is 10.2 Å². The lowest BCUT2D eigenvalue weighted by Crippen LogP contribution is -2.32. The molecule has 0 fully saturated rings. The fourth-order valence-corrected chi connectivity index (χ4v) is 3.46. The van der Waals surface area contributed by atoms with Crippen LogP contribution in [0.3, 0.4) is 0 Å². The normalized spacial score (nSPS) is 15.9. The van der Waals surface area contributed by atoms with Crippen LogP contribution in [-0.2, 0) is 0 Å². The molecule has 1 amide bonds. The van der Waals surface area contributed by atoms with E-state index in [1.165, 1.54) is 0 Å². The molecule has 26 heavy (non-hydrogen) atoms. The first kappa shape index (κ1) is 16.6. The summed E-state index contributed by atoms with van der Waals surface area (Å²) in [6.45, 7) is 4.01. The number of benzene rings is 2. The van der Waals surface area contributed by atoms with Crippen LogP contribution in [0.2, 0.25) is 5.02 Å². The Morgan fingerprint density at radius 1 is 1.04 bits per heavy atom. The third-order valence-electron chi connectivity index (χ3n) is 4.53. The average Bonchev–Trinajstić information content (AvgIpc) is 2.91. The third-order valence-corrected chi connectivity index (χ3v) is 4.85. The molecule has 4 rings (SSSR count). The van der Waals surface area contributed by atoms with Crippen LogP contribution >= 0.6 is 11.6 Å². The Labute approximate surface area is 157 Å². The minimum atomic E-state index is -0.415. The Morgan fingerprint density at radius 3 is 2.50 bits per heavy atom. The summed E-state index contributed by atoms with van der Waals surface area (Å²) in [6, 6.07) is 17.3. The molecule has 3 aromatic rings. The average molecular weight is 364 g/mol. The minimum absolute atomic E-state index is 0.0716. The first-order valence-corrected chi connectivity index (χ1v) is 8.80. The summed E-state index contributed by atoms with van der Waals surface area (Å²) in [5.74, 6) is -0.0716. The number of anilines is 2. The van der Waals surface area contributed by atoms with Gasteiger partial charge in [0, 0.05) is 11.9 Å². The Kier molecular flexibility index (Phi) is 4.13. The predicted octanol–water partition coefficient (Wildman–Crippen LogP) is 5.12. The second kappa shape index (κ2) is 6.46. The molecular weight excluding hydrogens is 346 g/mol. The van der Waals surface area contributed by atoms with Gasteiger partial charge in [-0.3, -0.25) is 14.7 Å². The van der Waals surface area contributed by atoms with Gasteiger partial charge in [-0.15, -0.1) is 0 Å². The summed E-state index contributed by atoms with van der Waals surface area (Å²) < 4.78 is 0. The molecule has 0 saturated carbocycles. The van der Waals surface area contributed by atoms with E-state index in [4.69, 9.17) is 11.6 Å². The van der Waals surface area contributed by atoms with Crippen LogP contribution in [0.5, 0.6) is 0 Å². The van der Waals surface area contributed by atoms with Crippen LogP contribution in [0, 0.1) is 13.8 Å². The molecule has 1 N–H and O–H groups in total. The molecule has 0 bridgehead atoms. The number of aryl methyl sites for hydroxylation is 2. The number of fused-ring (bicyclic) bond motifs is 1. The van der Waals surface area contributed by atoms with E-state index < -0.39 is 6.17 Å². The van der Waals surface area contributed by atoms with Gasteiger partial charge < -0.3 is 5.32 Å². The van der Waals surface area contributed by atoms with Gasteiger partial charge in [-0.25, -0.2) is 0 Å². The third kappa shape index (κ3) is 2.82. The molecule has 2 aromatic carbocycles. The van der Waals surface area contributed by atoms with E-state index >= 15 is 0 Å². The predicted molar refractivity (Wildman–Crippen MR) is 105 cm³/mol. The van der Waals surface area contributed by atoms with Crippen molar-refractivity contribution >= 4 is 28.9 Å². The van der Waals surface area contributed by atoms with E-state index in [0.29, 0.717) is 16.3 Å². The van der Waals surface area contributed by atoms with Crippen molar-refractivity contribution in [1.82, 2.24) is 4.98 Å². The van der Waals surface area contributed by atoms with Crippen molar-refractivity contribution in [3.05, 3.63) is 88.2 Å². The van der Waals surface area contributed by atoms with E-state index in [2.05, 4.69) is 10.3 Å². The van der Waals surface area contributed by atoms with Crippen LogP contribution in [0.15, 0.2) is 60.8 Å². The topological polar surface area (TPSA) is 45.2 Å². The molecule has 1 atom stereocenters. The fourth-order valence-electron chi connectivity index (χ4n) is 3.17. The number of rotatable bonds is 3. The standard InChI is InChI=1S/C21H18ClN3O/c1-13-5-8-15(9-6-13)25-20(19-16(21(25)26)4-3-11-23-19)24-18-10-7-14(2)12-17(18)22/h3-12,20,24H,1-2H3. The zero-order chi connectivity index (χ0) is 18.3. The van der Waals surface area contributed by atoms with Crippen LogP contribution in [0.25, 0.3) is 0 Å². The summed E-state index contributed by atoms with van der Waals surface area (Å²) >= 11 is 6.40. The molecule has 1 aromatic heterocycles. The summed E-state index contributed by atoms with van der Waals surface area (Å²) in [4.78, 5) is 19.2. The zero-order valence-corrected chi connectivity index (χ0v) is 15.3. The first-order valence-electron chi connectivity index (χ1n) is 8.42. The van der Waals surface area contributed by atoms with E-state index in [9.17, 15) is 4.79 Å². The molecule has 2 heterocycles. The highest BCUT2D eigenvalue weighted by Gasteiger charge is 2.39. The lowest BCUT2D eigenvalue weighted by atomic mass is 10.2. The van der Waals surface area contributed by atoms with Crippen molar-refractivity contribution < 1.29 is 4.79 Å². The molecule has 1 aliphatic rings. The molecule has 0 saturated heterocycles. The van der Waals surface area contributed by atoms with Crippen LogP contribution < -0.4 is 10.2 Å². The number of carbonyl (C=O) groups is 1. The largest absolute Gasteiger partial charge is 0.359 e. The van der Waals surface area contributed by atoms with Gasteiger partial charge >= 0.3 is 0 Å². The van der Waals surface area contributed by atoms with Crippen molar-refractivity contribution in [2.45, 2.75) is 20.0 Å². The summed E-state index contributed by atoms with van der Waals surface area (Å²) in [7, 11) is 0. The van der Waals surface area contributed by atoms with E-state index in [-0.39, 0.29) is 5.91 Å². The maximum atomic E-state index is 13.0. The highest BCUT2D eigenvalue weighted by molar-refractivity contribution is 6.33. The molecule has 0 spiro atoms. The Morgan fingerprint density at radius 2 is 1.77 bits per heavy atom. The summed E-state index contributed by atoms with van der Waals surface area (Å²) in [5, 5.41) is 4.01. The maximum absolute atomic E-state index is 13.0. The molecule has 1 aliphatic heterocycles. The SMILES string of the molecule is Cc1ccc(N2C(=O)c3cccnc3C2Nc2ccc(C)cc2Cl)cc1. The van der Waals surface area contributed by atoms with Gasteiger partial charge in [0.15, 0.2) is 6.17 Å². The van der Waals surface area contributed by atoms with E-state index in [1.54, 1.807) is 17.2 Å². The number of hydrogen-bond donors (Lipinski definition) is 1. The van der Waals surface area contributed by atoms with Gasteiger partial charge in [0.2, 0.25) is 0 Å². The van der Waals surface area contributed by atoms with Crippen molar-refractivity contribution in [1.29, 1.82) is 0 Å². The molecule has 130 valence electrons. The summed E-state index contributed by atoms with van der Waals surface area (Å²) in [5.41, 5.74) is 5.12. The minimum Gasteiger partial charge on any atom is -0.359 e. The highest BCUT2D eigenvalue weighted by Crippen LogP contribution is 2.38. The Hall–Kier alpha value is -2.85. The summed E-state index contributed by atoms with van der Waals surface area (Å²) in [6.07, 6.45) is 1.29. The van der Waals surface area contributed by atoms with Crippen molar-refractivity contribution in [3.63, 3.8) is 0 Å². The number of halogens is 1. The Bertz CT molecular complexity index is 985. The number of amides is 1. The van der Waals surface area contributed by atoms with Gasteiger partial charge in [0.25, 0.3) is 5.91 Å². The Balaban J connectivity index is 1.79. The number of nitrogens with zero attached hydrogens (tertiary/aromatic N) is 2. The molecule has 0 aliphatic carbocycles. The molecular formula is C21H18ClN3O. The number of carbonyl (C=O) groups excluding carboxylic acids is 1. The van der Waals surface area contributed by atoms with Crippen LogP contribution in [0.1, 0.15) is 33.3 Å². The second-order valence-electron chi connectivity index (χ2n) is 6.48.